The Labute approximate surface area is 293 Å². The lowest BCUT2D eigenvalue weighted by Gasteiger charge is -2.18. The van der Waals surface area contributed by atoms with Gasteiger partial charge >= 0.3 is 0 Å². The summed E-state index contributed by atoms with van der Waals surface area (Å²) in [5.74, 6) is 0. The van der Waals surface area contributed by atoms with Crippen LogP contribution < -0.4 is 5.30 Å². The topological polar surface area (TPSA) is 17.1 Å². The molecule has 9 rings (SSSR count). The Morgan fingerprint density at radius 1 is 0.340 bits per heavy atom. The highest BCUT2D eigenvalue weighted by Gasteiger charge is 2.17. The summed E-state index contributed by atoms with van der Waals surface area (Å²) < 4.78 is 12.7. The molecule has 0 atom stereocenters. The maximum atomic E-state index is 12.7. The summed E-state index contributed by atoms with van der Waals surface area (Å²) in [6.45, 7) is 3.66. The molecule has 0 saturated heterocycles. The van der Waals surface area contributed by atoms with Crippen LogP contribution in [0.3, 0.4) is 0 Å². The van der Waals surface area contributed by atoms with Gasteiger partial charge in [-0.3, -0.25) is 0 Å². The van der Waals surface area contributed by atoms with Crippen LogP contribution in [0.25, 0.3) is 88.0 Å². The van der Waals surface area contributed by atoms with E-state index in [0.29, 0.717) is 0 Å². The lowest BCUT2D eigenvalue weighted by atomic mass is 9.86. The average molecular weight is 659 g/mol. The Morgan fingerprint density at radius 2 is 0.800 bits per heavy atom. The summed E-state index contributed by atoms with van der Waals surface area (Å²) in [5.41, 5.74) is 12.0. The third-order valence-electron chi connectivity index (χ3n) is 10.2. The van der Waals surface area contributed by atoms with Gasteiger partial charge in [0.2, 0.25) is 0 Å². The van der Waals surface area contributed by atoms with Gasteiger partial charge in [-0.1, -0.05) is 164 Å². The van der Waals surface area contributed by atoms with E-state index >= 15 is 0 Å². The molecular weight excluding hydrogens is 624 g/mol. The Balaban J connectivity index is 1.19. The largest absolute Gasteiger partial charge is 0.319 e. The van der Waals surface area contributed by atoms with E-state index in [0.717, 1.165) is 10.9 Å². The van der Waals surface area contributed by atoms with Crippen molar-refractivity contribution in [3.05, 3.63) is 176 Å². The van der Waals surface area contributed by atoms with Gasteiger partial charge in [0.25, 0.3) is 0 Å². The molecule has 9 aromatic rings. The summed E-state index contributed by atoms with van der Waals surface area (Å²) in [5, 5.41) is 8.47. The highest BCUT2D eigenvalue weighted by atomic mass is 31.2. The van der Waals surface area contributed by atoms with E-state index in [1.165, 1.54) is 82.4 Å². The van der Waals surface area contributed by atoms with Gasteiger partial charge in [-0.2, -0.15) is 0 Å². The lowest BCUT2D eigenvalue weighted by molar-refractivity contribution is 0.588. The smallest absolute Gasteiger partial charge is 0.109 e. The molecule has 0 amide bonds. The second-order valence-corrected chi connectivity index (χ2v) is 16.8. The van der Waals surface area contributed by atoms with Crippen LogP contribution in [0.15, 0.2) is 176 Å². The molecule has 9 aromatic carbocycles. The molecule has 0 saturated carbocycles. The van der Waals surface area contributed by atoms with Crippen molar-refractivity contribution in [1.29, 1.82) is 0 Å². The fourth-order valence-electron chi connectivity index (χ4n) is 7.62. The zero-order chi connectivity index (χ0) is 33.8. The summed E-state index contributed by atoms with van der Waals surface area (Å²) in [6, 6.07) is 63.6. The van der Waals surface area contributed by atoms with Crippen LogP contribution in [-0.4, -0.2) is 13.3 Å². The van der Waals surface area contributed by atoms with Crippen LogP contribution >= 0.6 is 7.14 Å². The lowest BCUT2D eigenvalue weighted by Crippen LogP contribution is -2.01. The van der Waals surface area contributed by atoms with Gasteiger partial charge in [-0.15, -0.1) is 0 Å². The van der Waals surface area contributed by atoms with Crippen molar-refractivity contribution in [3.8, 4) is 55.6 Å². The highest BCUT2D eigenvalue weighted by molar-refractivity contribution is 7.70. The maximum absolute atomic E-state index is 12.7. The highest BCUT2D eigenvalue weighted by Crippen LogP contribution is 2.44. The van der Waals surface area contributed by atoms with E-state index in [1.807, 2.05) is 25.5 Å². The van der Waals surface area contributed by atoms with Crippen LogP contribution in [0.5, 0.6) is 0 Å². The summed E-state index contributed by atoms with van der Waals surface area (Å²) in [7, 11) is -2.32. The molecule has 2 heteroatoms. The fourth-order valence-corrected chi connectivity index (χ4v) is 8.49. The summed E-state index contributed by atoms with van der Waals surface area (Å²) in [6.07, 6.45) is 0. The molecule has 0 bridgehead atoms. The zero-order valence-electron chi connectivity index (χ0n) is 28.1. The summed E-state index contributed by atoms with van der Waals surface area (Å²) in [4.78, 5) is 0. The first kappa shape index (κ1) is 30.3. The minimum absolute atomic E-state index is 0.911. The first-order chi connectivity index (χ1) is 24.4. The molecule has 0 aromatic heterocycles. The normalized spacial score (nSPS) is 11.9. The number of benzene rings is 9. The van der Waals surface area contributed by atoms with Gasteiger partial charge in [-0.05, 0) is 113 Å². The van der Waals surface area contributed by atoms with E-state index in [-0.39, 0.29) is 0 Å². The van der Waals surface area contributed by atoms with Crippen molar-refractivity contribution < 1.29 is 4.57 Å². The van der Waals surface area contributed by atoms with E-state index < -0.39 is 7.14 Å². The molecule has 0 spiro atoms. The molecule has 0 aliphatic heterocycles. The predicted molar refractivity (Wildman–Crippen MR) is 216 cm³/mol. The molecule has 50 heavy (non-hydrogen) atoms. The first-order valence-electron chi connectivity index (χ1n) is 17.1. The third kappa shape index (κ3) is 5.23. The van der Waals surface area contributed by atoms with Gasteiger partial charge in [-0.25, -0.2) is 0 Å². The van der Waals surface area contributed by atoms with Crippen molar-refractivity contribution in [1.82, 2.24) is 0 Å². The molecule has 0 aliphatic carbocycles. The Kier molecular flexibility index (Phi) is 7.27. The van der Waals surface area contributed by atoms with Crippen LogP contribution in [0.4, 0.5) is 0 Å². The van der Waals surface area contributed by atoms with Crippen molar-refractivity contribution in [2.45, 2.75) is 0 Å². The van der Waals surface area contributed by atoms with Gasteiger partial charge < -0.3 is 4.57 Å². The second kappa shape index (κ2) is 12.0. The maximum Gasteiger partial charge on any atom is 0.109 e. The standard InChI is InChI=1S/C48H35OP/c1-50(2,49)40-23-16-34(17-24-40)41-25-18-35-21-29-45-42(26-19-36-20-28-44(41)47(35)48(36)45)38-14-9-15-39(30-38)43-27-22-37(32-10-5-3-6-11-32)31-46(43)33-12-7-4-8-13-33/h3-31H,1-2H3. The predicted octanol–water partition coefficient (Wildman–Crippen LogP) is 13.2. The average Bonchev–Trinajstić information content (AvgIpc) is 3.17. The van der Waals surface area contributed by atoms with Gasteiger partial charge in [0.1, 0.15) is 7.14 Å². The van der Waals surface area contributed by atoms with Crippen LogP contribution in [0, 0.1) is 0 Å². The molecular formula is C48H35OP. The monoisotopic (exact) mass is 658 g/mol. The number of rotatable bonds is 6. The second-order valence-electron chi connectivity index (χ2n) is 13.6. The number of hydrogen-bond donors (Lipinski definition) is 0. The third-order valence-corrected chi connectivity index (χ3v) is 11.7. The first-order valence-corrected chi connectivity index (χ1v) is 19.7. The van der Waals surface area contributed by atoms with Crippen LogP contribution in [0.2, 0.25) is 0 Å². The Morgan fingerprint density at radius 3 is 1.40 bits per heavy atom. The van der Waals surface area contributed by atoms with Gasteiger partial charge in [0, 0.05) is 5.30 Å². The van der Waals surface area contributed by atoms with Crippen molar-refractivity contribution in [2.24, 2.45) is 0 Å². The molecule has 238 valence electrons. The molecule has 0 unspecified atom stereocenters. The Bertz CT molecular complexity index is 2720. The molecule has 0 N–H and O–H groups in total. The van der Waals surface area contributed by atoms with Crippen molar-refractivity contribution >= 4 is 44.8 Å². The molecule has 0 fully saturated rings. The van der Waals surface area contributed by atoms with E-state index in [4.69, 9.17) is 0 Å². The minimum atomic E-state index is -2.32. The van der Waals surface area contributed by atoms with E-state index in [2.05, 4.69) is 164 Å². The Hall–Kier alpha value is -5.75. The van der Waals surface area contributed by atoms with Crippen molar-refractivity contribution in [2.75, 3.05) is 13.3 Å². The quantitative estimate of drug-likeness (QED) is 0.128. The molecule has 0 aliphatic rings. The summed E-state index contributed by atoms with van der Waals surface area (Å²) >= 11 is 0. The van der Waals surface area contributed by atoms with Crippen LogP contribution in [-0.2, 0) is 4.57 Å². The number of hydrogen-bond acceptors (Lipinski definition) is 1. The van der Waals surface area contributed by atoms with Crippen molar-refractivity contribution in [3.63, 3.8) is 0 Å². The van der Waals surface area contributed by atoms with E-state index in [1.54, 1.807) is 0 Å². The minimum Gasteiger partial charge on any atom is -0.319 e. The molecule has 0 heterocycles. The SMILES string of the molecule is CP(C)(=O)c1ccc(-c2ccc3ccc4c(-c5cccc(-c6ccc(-c7ccccc7)cc6-c6ccccc6)c5)ccc5ccc2c3c54)cc1. The fraction of sp³-hybridized carbons (Fsp3) is 0.0417. The van der Waals surface area contributed by atoms with E-state index in [9.17, 15) is 4.57 Å². The molecule has 0 radical (unpaired) electrons. The van der Waals surface area contributed by atoms with Crippen LogP contribution in [0.1, 0.15) is 0 Å². The van der Waals surface area contributed by atoms with Gasteiger partial charge in [0.15, 0.2) is 0 Å². The molecule has 1 nitrogen and oxygen atoms in total. The van der Waals surface area contributed by atoms with Gasteiger partial charge in [0.05, 0.1) is 0 Å². The zero-order valence-corrected chi connectivity index (χ0v) is 29.0.